The maximum absolute atomic E-state index is 12.9. The molecule has 12 nitrogen and oxygen atoms in total. The summed E-state index contributed by atoms with van der Waals surface area (Å²) in [6.45, 7) is 3.30. The summed E-state index contributed by atoms with van der Waals surface area (Å²) in [6, 6.07) is -0.942. The standard InChI is InChI=1S/C37H69NO11S/c1-3-5-7-9-11-13-15-17-19-21-23-25-27-33(41)38-30(31(40)26-24-22-20-18-16-14-12-10-8-6-4-2)29-47-37-35(43)36(49-50(44,45)46)34(42)32(28-39)48-37/h11,13,24,26,30-32,34-37,39-40,42-43H,3-10,12,14-23,25,27-29H2,1-2H3,(H,38,41)(H,44,45,46)/b13-11-,26-24+. The maximum Gasteiger partial charge on any atom is 0.397 e. The van der Waals surface area contributed by atoms with E-state index in [4.69, 9.17) is 14.0 Å². The van der Waals surface area contributed by atoms with E-state index in [0.29, 0.717) is 6.42 Å². The predicted octanol–water partition coefficient (Wildman–Crippen LogP) is 5.82. The highest BCUT2D eigenvalue weighted by Gasteiger charge is 2.48. The first-order chi connectivity index (χ1) is 24.0. The van der Waals surface area contributed by atoms with Gasteiger partial charge in [-0.2, -0.15) is 8.42 Å². The third-order valence-electron chi connectivity index (χ3n) is 8.98. The third kappa shape index (κ3) is 22.5. The van der Waals surface area contributed by atoms with Gasteiger partial charge in [-0.3, -0.25) is 9.35 Å². The van der Waals surface area contributed by atoms with Crippen LogP contribution < -0.4 is 5.32 Å². The van der Waals surface area contributed by atoms with Crippen LogP contribution in [0.5, 0.6) is 0 Å². The van der Waals surface area contributed by atoms with Crippen LogP contribution in [0.2, 0.25) is 0 Å². The molecule has 50 heavy (non-hydrogen) atoms. The van der Waals surface area contributed by atoms with Gasteiger partial charge in [-0.15, -0.1) is 0 Å². The molecule has 0 aliphatic carbocycles. The average molecular weight is 736 g/mol. The van der Waals surface area contributed by atoms with Crippen LogP contribution in [0.4, 0.5) is 0 Å². The van der Waals surface area contributed by atoms with Crippen molar-refractivity contribution in [2.24, 2.45) is 0 Å². The highest BCUT2D eigenvalue weighted by atomic mass is 32.3. The first-order valence-corrected chi connectivity index (χ1v) is 20.6. The van der Waals surface area contributed by atoms with Crippen LogP contribution >= 0.6 is 0 Å². The Balaban J connectivity index is 2.66. The van der Waals surface area contributed by atoms with E-state index in [0.717, 1.165) is 57.8 Å². The number of carbonyl (C=O) groups is 1. The van der Waals surface area contributed by atoms with Gasteiger partial charge in [-0.05, 0) is 44.9 Å². The molecule has 0 saturated carbocycles. The molecule has 0 radical (unpaired) electrons. The lowest BCUT2D eigenvalue weighted by atomic mass is 9.99. The van der Waals surface area contributed by atoms with Gasteiger partial charge in [0.05, 0.1) is 25.4 Å². The zero-order chi connectivity index (χ0) is 37.0. The normalized spacial score (nSPS) is 22.7. The molecule has 1 heterocycles. The summed E-state index contributed by atoms with van der Waals surface area (Å²) in [5.41, 5.74) is 0. The largest absolute Gasteiger partial charge is 0.397 e. The van der Waals surface area contributed by atoms with Crippen LogP contribution in [0.25, 0.3) is 0 Å². The van der Waals surface area contributed by atoms with Crippen LogP contribution in [0.15, 0.2) is 24.3 Å². The monoisotopic (exact) mass is 735 g/mol. The number of rotatable bonds is 31. The Morgan fingerprint density at radius 3 is 1.84 bits per heavy atom. The van der Waals surface area contributed by atoms with E-state index in [1.165, 1.54) is 64.2 Å². The van der Waals surface area contributed by atoms with Crippen LogP contribution in [0, 0.1) is 0 Å². The minimum absolute atomic E-state index is 0.258. The Bertz CT molecular complexity index is 1010. The van der Waals surface area contributed by atoms with E-state index in [1.54, 1.807) is 6.08 Å². The Kier molecular flexibility index (Phi) is 27.1. The number of aliphatic hydroxyl groups is 4. The van der Waals surface area contributed by atoms with E-state index in [9.17, 15) is 33.6 Å². The first-order valence-electron chi connectivity index (χ1n) is 19.2. The molecule has 7 atom stereocenters. The van der Waals surface area contributed by atoms with Gasteiger partial charge in [0.25, 0.3) is 0 Å². The minimum atomic E-state index is -5.08. The van der Waals surface area contributed by atoms with Crippen molar-refractivity contribution in [2.75, 3.05) is 13.2 Å². The lowest BCUT2D eigenvalue weighted by Gasteiger charge is -2.41. The van der Waals surface area contributed by atoms with E-state index < -0.39 is 59.9 Å². The Morgan fingerprint density at radius 2 is 1.28 bits per heavy atom. The van der Waals surface area contributed by atoms with Gasteiger partial charge in [0, 0.05) is 6.42 Å². The van der Waals surface area contributed by atoms with Crippen molar-refractivity contribution >= 4 is 16.3 Å². The van der Waals surface area contributed by atoms with Gasteiger partial charge in [-0.1, -0.05) is 122 Å². The van der Waals surface area contributed by atoms with Crippen molar-refractivity contribution in [3.63, 3.8) is 0 Å². The van der Waals surface area contributed by atoms with Gasteiger partial charge in [0.15, 0.2) is 6.29 Å². The Morgan fingerprint density at radius 1 is 0.780 bits per heavy atom. The maximum atomic E-state index is 12.9. The summed E-state index contributed by atoms with van der Waals surface area (Å²) in [7, 11) is -5.08. The molecule has 1 rings (SSSR count). The van der Waals surface area contributed by atoms with Gasteiger partial charge in [0.2, 0.25) is 5.91 Å². The Labute approximate surface area is 302 Å². The zero-order valence-corrected chi connectivity index (χ0v) is 31.5. The topological polar surface area (TPSA) is 192 Å². The number of amides is 1. The smallest absolute Gasteiger partial charge is 0.394 e. The lowest BCUT2D eigenvalue weighted by molar-refractivity contribution is -0.298. The van der Waals surface area contributed by atoms with Gasteiger partial charge >= 0.3 is 10.4 Å². The second-order valence-electron chi connectivity index (χ2n) is 13.5. The molecular formula is C37H69NO11S. The lowest BCUT2D eigenvalue weighted by Crippen LogP contribution is -2.61. The predicted molar refractivity (Wildman–Crippen MR) is 195 cm³/mol. The van der Waals surface area contributed by atoms with E-state index in [-0.39, 0.29) is 18.9 Å². The summed E-state index contributed by atoms with van der Waals surface area (Å²) in [4.78, 5) is 12.9. The van der Waals surface area contributed by atoms with Gasteiger partial charge in [0.1, 0.15) is 24.4 Å². The number of allylic oxidation sites excluding steroid dienone is 3. The molecule has 1 aliphatic rings. The second-order valence-corrected chi connectivity index (χ2v) is 14.6. The number of aliphatic hydroxyl groups excluding tert-OH is 4. The van der Waals surface area contributed by atoms with Crippen molar-refractivity contribution in [1.82, 2.24) is 5.32 Å². The number of hydrogen-bond donors (Lipinski definition) is 6. The number of nitrogens with one attached hydrogen (secondary N) is 1. The fourth-order valence-electron chi connectivity index (χ4n) is 5.92. The molecule has 6 N–H and O–H groups in total. The molecule has 7 unspecified atom stereocenters. The zero-order valence-electron chi connectivity index (χ0n) is 30.7. The van der Waals surface area contributed by atoms with Crippen molar-refractivity contribution in [1.29, 1.82) is 0 Å². The SMILES string of the molecule is CCCCC/C=C\CCCCCCCC(=O)NC(COC1OC(CO)C(O)C(OS(=O)(=O)O)C1O)C(O)/C=C/CCCCCCCCCCC. The minimum Gasteiger partial charge on any atom is -0.394 e. The number of carbonyl (C=O) groups excluding carboxylic acids is 1. The van der Waals surface area contributed by atoms with Gasteiger partial charge in [-0.25, -0.2) is 4.18 Å². The van der Waals surface area contributed by atoms with Crippen molar-refractivity contribution in [3.05, 3.63) is 24.3 Å². The molecule has 13 heteroatoms. The Hall–Kier alpha value is -1.42. The summed E-state index contributed by atoms with van der Waals surface area (Å²) in [6.07, 6.45) is 20.9. The van der Waals surface area contributed by atoms with Crippen LogP contribution in [-0.4, -0.2) is 95.4 Å². The van der Waals surface area contributed by atoms with E-state index in [2.05, 4.69) is 35.5 Å². The second kappa shape index (κ2) is 29.1. The molecule has 1 aliphatic heterocycles. The molecule has 0 aromatic carbocycles. The van der Waals surface area contributed by atoms with E-state index in [1.807, 2.05) is 6.08 Å². The molecule has 0 bridgehead atoms. The number of unbranched alkanes of at least 4 members (excludes halogenated alkanes) is 17. The molecule has 1 saturated heterocycles. The average Bonchev–Trinajstić information content (AvgIpc) is 3.08. The number of hydrogen-bond acceptors (Lipinski definition) is 10. The van der Waals surface area contributed by atoms with Crippen molar-refractivity contribution in [3.8, 4) is 0 Å². The summed E-state index contributed by atoms with van der Waals surface area (Å²) in [5, 5.41) is 44.4. The first kappa shape index (κ1) is 46.6. The quantitative estimate of drug-likeness (QED) is 0.0286. The summed E-state index contributed by atoms with van der Waals surface area (Å²) >= 11 is 0. The molecule has 294 valence electrons. The molecule has 1 amide bonds. The summed E-state index contributed by atoms with van der Waals surface area (Å²) < 4.78 is 47.3. The fraction of sp³-hybridized carbons (Fsp3) is 0.865. The number of ether oxygens (including phenoxy) is 2. The molecule has 0 aromatic heterocycles. The van der Waals surface area contributed by atoms with Crippen LogP contribution in [0.1, 0.15) is 149 Å². The highest BCUT2D eigenvalue weighted by molar-refractivity contribution is 7.80. The van der Waals surface area contributed by atoms with E-state index >= 15 is 0 Å². The summed E-state index contributed by atoms with van der Waals surface area (Å²) in [5.74, 6) is -0.277. The molecule has 0 aromatic rings. The molecule has 1 fully saturated rings. The third-order valence-corrected chi connectivity index (χ3v) is 9.44. The van der Waals surface area contributed by atoms with Crippen LogP contribution in [-0.2, 0) is 28.9 Å². The highest BCUT2D eigenvalue weighted by Crippen LogP contribution is 2.26. The fourth-order valence-corrected chi connectivity index (χ4v) is 6.43. The van der Waals surface area contributed by atoms with Crippen LogP contribution in [0.3, 0.4) is 0 Å². The van der Waals surface area contributed by atoms with Crippen molar-refractivity contribution in [2.45, 2.75) is 192 Å². The van der Waals surface area contributed by atoms with Crippen molar-refractivity contribution < 1.29 is 51.8 Å². The van der Waals surface area contributed by atoms with Gasteiger partial charge < -0.3 is 35.2 Å². The molecule has 0 spiro atoms. The molecular weight excluding hydrogens is 666 g/mol.